The third-order valence-corrected chi connectivity index (χ3v) is 5.83. The van der Waals surface area contributed by atoms with Crippen molar-refractivity contribution in [1.29, 1.82) is 0 Å². The van der Waals surface area contributed by atoms with Gasteiger partial charge in [-0.15, -0.1) is 0 Å². The monoisotopic (exact) mass is 510 g/mol. The number of rotatable bonds is 7. The lowest BCUT2D eigenvalue weighted by molar-refractivity contribution is -0.120. The van der Waals surface area contributed by atoms with Crippen LogP contribution in [-0.4, -0.2) is 59.2 Å². The summed E-state index contributed by atoms with van der Waals surface area (Å²) in [7, 11) is 0. The molecule has 0 bridgehead atoms. The van der Waals surface area contributed by atoms with Crippen LogP contribution in [0.5, 0.6) is 5.88 Å². The smallest absolute Gasteiger partial charge is 0.405 e. The van der Waals surface area contributed by atoms with Gasteiger partial charge in [-0.3, -0.25) is 9.59 Å². The number of nitrogen functional groups attached to an aromatic ring is 1. The van der Waals surface area contributed by atoms with E-state index in [0.717, 1.165) is 16.7 Å². The normalized spacial score (nSPS) is 12.8. The number of nitrogens with one attached hydrogen (secondary N) is 2. The van der Waals surface area contributed by atoms with Gasteiger partial charge in [0.2, 0.25) is 11.8 Å². The Morgan fingerprint density at radius 2 is 1.92 bits per heavy atom. The first-order chi connectivity index (χ1) is 17.3. The number of ether oxygens (including phenoxy) is 1. The van der Waals surface area contributed by atoms with Gasteiger partial charge in [-0.2, -0.15) is 0 Å². The Kier molecular flexibility index (Phi) is 7.50. The maximum Gasteiger partial charge on any atom is 0.405 e. The highest BCUT2D eigenvalue weighted by Crippen LogP contribution is 2.32. The molecule has 36 heavy (non-hydrogen) atoms. The van der Waals surface area contributed by atoms with Gasteiger partial charge >= 0.3 is 6.09 Å². The van der Waals surface area contributed by atoms with E-state index in [9.17, 15) is 14.4 Å². The molecule has 2 heterocycles. The van der Waals surface area contributed by atoms with Gasteiger partial charge < -0.3 is 31.1 Å². The second-order valence-corrected chi connectivity index (χ2v) is 8.27. The second kappa shape index (κ2) is 10.9. The molecule has 0 spiro atoms. The Morgan fingerprint density at radius 3 is 2.64 bits per heavy atom. The molecule has 0 radical (unpaired) electrons. The molecule has 0 aliphatic carbocycles. The van der Waals surface area contributed by atoms with Gasteiger partial charge in [-0.25, -0.2) is 14.8 Å². The lowest BCUT2D eigenvalue weighted by atomic mass is 10.0. The van der Waals surface area contributed by atoms with Crippen molar-refractivity contribution in [3.63, 3.8) is 0 Å². The summed E-state index contributed by atoms with van der Waals surface area (Å²) >= 11 is 6.53. The molecule has 3 amide bonds. The third kappa shape index (κ3) is 5.63. The Balaban J connectivity index is 1.43. The molecule has 12 heteroatoms. The van der Waals surface area contributed by atoms with Crippen LogP contribution in [0.1, 0.15) is 15.9 Å². The van der Waals surface area contributed by atoms with Crippen LogP contribution in [0.4, 0.5) is 16.3 Å². The van der Waals surface area contributed by atoms with Gasteiger partial charge in [0.1, 0.15) is 24.3 Å². The van der Waals surface area contributed by atoms with Gasteiger partial charge in [0.05, 0.1) is 13.1 Å². The molecule has 2 aromatic carbocycles. The number of hydrogen-bond donors (Lipinski definition) is 4. The first-order valence-corrected chi connectivity index (χ1v) is 11.4. The summed E-state index contributed by atoms with van der Waals surface area (Å²) in [4.78, 5) is 44.6. The molecular formula is C24H23ClN6O5. The summed E-state index contributed by atoms with van der Waals surface area (Å²) < 4.78 is 5.57. The molecule has 0 atom stereocenters. The summed E-state index contributed by atoms with van der Waals surface area (Å²) in [5.41, 5.74) is 9.32. The summed E-state index contributed by atoms with van der Waals surface area (Å²) in [5.74, 6) is -0.498. The van der Waals surface area contributed by atoms with Crippen LogP contribution in [0.15, 0.2) is 48.8 Å². The number of carbonyl (C=O) groups excluding carboxylic acids is 2. The molecule has 1 aromatic heterocycles. The highest BCUT2D eigenvalue weighted by atomic mass is 35.5. The fraction of sp³-hybridized carbons (Fsp3) is 0.208. The van der Waals surface area contributed by atoms with Crippen LogP contribution in [0.25, 0.3) is 11.1 Å². The molecule has 1 aliphatic rings. The molecule has 5 N–H and O–H groups in total. The first-order valence-electron chi connectivity index (χ1n) is 11.0. The van der Waals surface area contributed by atoms with Crippen LogP contribution < -0.4 is 26.0 Å². The van der Waals surface area contributed by atoms with Crippen LogP contribution in [-0.2, 0) is 11.2 Å². The Hall–Kier alpha value is -4.38. The summed E-state index contributed by atoms with van der Waals surface area (Å²) in [6.07, 6.45) is 0.541. The van der Waals surface area contributed by atoms with Crippen molar-refractivity contribution in [2.24, 2.45) is 0 Å². The zero-order valence-electron chi connectivity index (χ0n) is 19.0. The number of nitrogens with zero attached hydrogens (tertiary/aromatic N) is 3. The van der Waals surface area contributed by atoms with E-state index < -0.39 is 12.0 Å². The second-order valence-electron chi connectivity index (χ2n) is 7.86. The van der Waals surface area contributed by atoms with E-state index in [-0.39, 0.29) is 36.3 Å². The van der Waals surface area contributed by atoms with Crippen LogP contribution in [0.2, 0.25) is 5.02 Å². The zero-order valence-corrected chi connectivity index (χ0v) is 19.8. The van der Waals surface area contributed by atoms with E-state index in [4.69, 9.17) is 27.2 Å². The highest BCUT2D eigenvalue weighted by Gasteiger charge is 2.28. The van der Waals surface area contributed by atoms with Crippen molar-refractivity contribution < 1.29 is 24.2 Å². The number of benzene rings is 2. The molecule has 0 saturated carbocycles. The Labute approximate surface area is 211 Å². The van der Waals surface area contributed by atoms with Crippen molar-refractivity contribution in [1.82, 2.24) is 20.6 Å². The quantitative estimate of drug-likeness (QED) is 0.377. The zero-order chi connectivity index (χ0) is 25.7. The van der Waals surface area contributed by atoms with Crippen molar-refractivity contribution >= 4 is 41.0 Å². The molecule has 0 unspecified atom stereocenters. The number of carbonyl (C=O) groups is 3. The predicted molar refractivity (Wildman–Crippen MR) is 133 cm³/mol. The maximum absolute atomic E-state index is 13.1. The largest absolute Gasteiger partial charge is 0.475 e. The van der Waals surface area contributed by atoms with Gasteiger partial charge in [0, 0.05) is 22.8 Å². The van der Waals surface area contributed by atoms with Crippen molar-refractivity contribution in [2.75, 3.05) is 36.9 Å². The molecule has 0 saturated heterocycles. The average Bonchev–Trinajstić information content (AvgIpc) is 3.02. The summed E-state index contributed by atoms with van der Waals surface area (Å²) in [6, 6.07) is 13.0. The SMILES string of the molecule is Nc1ncnc2c1C(=O)N(c1ccc(-c3ccc(CCNC(=O)CNC(=O)O)cc3Cl)cc1)CCO2. The van der Waals surface area contributed by atoms with E-state index in [2.05, 4.69) is 15.3 Å². The topological polar surface area (TPSA) is 160 Å². The molecule has 186 valence electrons. The Bertz CT molecular complexity index is 1300. The maximum atomic E-state index is 13.1. The third-order valence-electron chi connectivity index (χ3n) is 5.51. The van der Waals surface area contributed by atoms with Crippen molar-refractivity contribution in [3.8, 4) is 17.0 Å². The molecule has 0 fully saturated rings. The summed E-state index contributed by atoms with van der Waals surface area (Å²) in [5, 5.41) is 13.7. The molecule has 1 aliphatic heterocycles. The average molecular weight is 511 g/mol. The standard InChI is InChI=1S/C24H23ClN6O5/c25-18-11-14(7-8-27-19(32)12-28-24(34)35)1-6-17(18)15-2-4-16(5-3-15)31-9-10-36-22-20(23(31)33)21(26)29-13-30-22/h1-6,11,13,28H,7-10,12H2,(H,27,32)(H,34,35)(H2,26,29,30). The van der Waals surface area contributed by atoms with Gasteiger partial charge in [0.25, 0.3) is 5.91 Å². The van der Waals surface area contributed by atoms with E-state index in [1.807, 2.05) is 47.8 Å². The van der Waals surface area contributed by atoms with Crippen LogP contribution in [0.3, 0.4) is 0 Å². The Morgan fingerprint density at radius 1 is 1.14 bits per heavy atom. The van der Waals surface area contributed by atoms with Crippen LogP contribution in [0, 0.1) is 0 Å². The number of hydrogen-bond acceptors (Lipinski definition) is 7. The van der Waals surface area contributed by atoms with Crippen LogP contribution >= 0.6 is 11.6 Å². The van der Waals surface area contributed by atoms with Crippen molar-refractivity contribution in [3.05, 3.63) is 64.9 Å². The lowest BCUT2D eigenvalue weighted by Crippen LogP contribution is -2.37. The van der Waals surface area contributed by atoms with Gasteiger partial charge in [0.15, 0.2) is 0 Å². The van der Waals surface area contributed by atoms with Crippen molar-refractivity contribution in [2.45, 2.75) is 6.42 Å². The fourth-order valence-corrected chi connectivity index (χ4v) is 4.06. The number of aromatic nitrogens is 2. The number of halogens is 1. The number of nitrogens with two attached hydrogens (primary N) is 1. The molecule has 3 aromatic rings. The summed E-state index contributed by atoms with van der Waals surface area (Å²) in [6.45, 7) is 0.638. The first kappa shape index (κ1) is 24.7. The van der Waals surface area contributed by atoms with E-state index in [0.29, 0.717) is 30.2 Å². The molecule has 4 rings (SSSR count). The molecular weight excluding hydrogens is 488 g/mol. The molecule has 11 nitrogen and oxygen atoms in total. The van der Waals surface area contributed by atoms with E-state index in [1.165, 1.54) is 6.33 Å². The number of carboxylic acid groups (broad SMARTS) is 1. The lowest BCUT2D eigenvalue weighted by Gasteiger charge is -2.20. The number of anilines is 2. The number of fused-ring (bicyclic) bond motifs is 1. The minimum absolute atomic E-state index is 0.0666. The minimum atomic E-state index is -1.25. The van der Waals surface area contributed by atoms with E-state index >= 15 is 0 Å². The number of amides is 3. The fourth-order valence-electron chi connectivity index (χ4n) is 3.74. The van der Waals surface area contributed by atoms with Gasteiger partial charge in [-0.05, 0) is 35.7 Å². The van der Waals surface area contributed by atoms with E-state index in [1.54, 1.807) is 4.90 Å². The highest BCUT2D eigenvalue weighted by molar-refractivity contribution is 6.33. The minimum Gasteiger partial charge on any atom is -0.475 e. The predicted octanol–water partition coefficient (Wildman–Crippen LogP) is 2.34. The van der Waals surface area contributed by atoms with Gasteiger partial charge in [-0.1, -0.05) is 35.9 Å².